The number of aromatic nitrogens is 2. The minimum Gasteiger partial charge on any atom is -0.497 e. The van der Waals surface area contributed by atoms with Crippen LogP contribution in [0.2, 0.25) is 0 Å². The molecule has 104 valence electrons. The molecule has 0 aliphatic carbocycles. The number of aromatic amines is 1. The van der Waals surface area contributed by atoms with Crippen LogP contribution >= 0.6 is 0 Å². The predicted octanol–water partition coefficient (Wildman–Crippen LogP) is 1.15. The summed E-state index contributed by atoms with van der Waals surface area (Å²) in [6.07, 6.45) is 0. The van der Waals surface area contributed by atoms with Crippen LogP contribution in [0.3, 0.4) is 0 Å². The van der Waals surface area contributed by atoms with Crippen molar-refractivity contribution in [1.29, 1.82) is 0 Å². The molecule has 7 heteroatoms. The van der Waals surface area contributed by atoms with E-state index in [1.807, 2.05) is 0 Å². The third-order valence-electron chi connectivity index (χ3n) is 2.62. The summed E-state index contributed by atoms with van der Waals surface area (Å²) in [7, 11) is 2.96. The summed E-state index contributed by atoms with van der Waals surface area (Å²) in [5, 5.41) is 8.94. The Bertz CT molecular complexity index is 708. The second-order valence-electron chi connectivity index (χ2n) is 3.85. The number of hydrogen-bond acceptors (Lipinski definition) is 5. The van der Waals surface area contributed by atoms with Crippen molar-refractivity contribution in [3.63, 3.8) is 0 Å². The Balaban J connectivity index is 2.66. The highest BCUT2D eigenvalue weighted by molar-refractivity contribution is 5.85. The first-order chi connectivity index (χ1) is 9.55. The average molecular weight is 276 g/mol. The smallest absolute Gasteiger partial charge is 0.354 e. The molecule has 1 aromatic carbocycles. The van der Waals surface area contributed by atoms with E-state index in [0.717, 1.165) is 6.07 Å². The Kier molecular flexibility index (Phi) is 3.69. The molecule has 0 bridgehead atoms. The van der Waals surface area contributed by atoms with E-state index < -0.39 is 11.5 Å². The topological polar surface area (TPSA) is 102 Å². The molecule has 2 aromatic rings. The van der Waals surface area contributed by atoms with Crippen LogP contribution in [0.15, 0.2) is 29.1 Å². The standard InChI is InChI=1S/C13H12N2O5/c1-19-7-3-4-10(20-2)8(5-7)12-14-9(13(17)18)6-11(16)15-12/h3-6H,1-2H3,(H,17,18)(H,14,15,16). The third kappa shape index (κ3) is 2.61. The van der Waals surface area contributed by atoms with Crippen molar-refractivity contribution in [3.8, 4) is 22.9 Å². The van der Waals surface area contributed by atoms with Gasteiger partial charge in [-0.15, -0.1) is 0 Å². The highest BCUT2D eigenvalue weighted by Crippen LogP contribution is 2.30. The summed E-state index contributed by atoms with van der Waals surface area (Å²) in [5.41, 5.74) is -0.460. The minimum atomic E-state index is -1.28. The molecule has 0 fully saturated rings. The summed E-state index contributed by atoms with van der Waals surface area (Å²) in [4.78, 5) is 28.8. The van der Waals surface area contributed by atoms with Crippen LogP contribution in [0.4, 0.5) is 0 Å². The quantitative estimate of drug-likeness (QED) is 0.868. The number of hydrogen-bond donors (Lipinski definition) is 2. The van der Waals surface area contributed by atoms with E-state index in [-0.39, 0.29) is 11.5 Å². The van der Waals surface area contributed by atoms with Crippen LogP contribution in [0, 0.1) is 0 Å². The highest BCUT2D eigenvalue weighted by atomic mass is 16.5. The molecule has 1 heterocycles. The zero-order chi connectivity index (χ0) is 14.7. The van der Waals surface area contributed by atoms with Gasteiger partial charge in [-0.05, 0) is 18.2 Å². The summed E-state index contributed by atoms with van der Waals surface area (Å²) in [5.74, 6) is -0.203. The molecule has 0 radical (unpaired) electrons. The van der Waals surface area contributed by atoms with Crippen molar-refractivity contribution in [3.05, 3.63) is 40.3 Å². The number of ether oxygens (including phenoxy) is 2. The molecule has 0 saturated heterocycles. The van der Waals surface area contributed by atoms with Gasteiger partial charge in [-0.25, -0.2) is 9.78 Å². The average Bonchev–Trinajstić information content (AvgIpc) is 2.45. The van der Waals surface area contributed by atoms with Crippen molar-refractivity contribution >= 4 is 5.97 Å². The number of methoxy groups -OCH3 is 2. The Labute approximate surface area is 113 Å². The van der Waals surface area contributed by atoms with E-state index in [1.165, 1.54) is 14.2 Å². The van der Waals surface area contributed by atoms with Gasteiger partial charge in [0.25, 0.3) is 5.56 Å². The number of carboxylic acids is 1. The van der Waals surface area contributed by atoms with Gasteiger partial charge in [-0.2, -0.15) is 0 Å². The first kappa shape index (κ1) is 13.6. The summed E-state index contributed by atoms with van der Waals surface area (Å²) >= 11 is 0. The number of nitrogens with one attached hydrogen (secondary N) is 1. The van der Waals surface area contributed by atoms with Gasteiger partial charge >= 0.3 is 5.97 Å². The maximum atomic E-state index is 11.5. The summed E-state index contributed by atoms with van der Waals surface area (Å²) in [6.45, 7) is 0. The van der Waals surface area contributed by atoms with Gasteiger partial charge in [0.15, 0.2) is 5.69 Å². The Morgan fingerprint density at radius 1 is 1.25 bits per heavy atom. The van der Waals surface area contributed by atoms with Crippen LogP contribution in [0.25, 0.3) is 11.4 Å². The van der Waals surface area contributed by atoms with Gasteiger partial charge < -0.3 is 19.6 Å². The van der Waals surface area contributed by atoms with Crippen molar-refractivity contribution < 1.29 is 19.4 Å². The molecular formula is C13H12N2O5. The zero-order valence-corrected chi connectivity index (χ0v) is 10.8. The maximum absolute atomic E-state index is 11.5. The van der Waals surface area contributed by atoms with Crippen molar-refractivity contribution in [2.45, 2.75) is 0 Å². The molecule has 2 N–H and O–H groups in total. The number of rotatable bonds is 4. The number of aromatic carboxylic acids is 1. The van der Waals surface area contributed by atoms with E-state index in [1.54, 1.807) is 18.2 Å². The van der Waals surface area contributed by atoms with E-state index >= 15 is 0 Å². The van der Waals surface area contributed by atoms with Crippen LogP contribution in [0.5, 0.6) is 11.5 Å². The van der Waals surface area contributed by atoms with E-state index in [2.05, 4.69) is 9.97 Å². The molecule has 1 aromatic heterocycles. The molecule has 2 rings (SSSR count). The third-order valence-corrected chi connectivity index (χ3v) is 2.62. The molecule has 0 unspecified atom stereocenters. The van der Waals surface area contributed by atoms with Crippen molar-refractivity contribution in [1.82, 2.24) is 9.97 Å². The van der Waals surface area contributed by atoms with Gasteiger partial charge in [-0.1, -0.05) is 0 Å². The van der Waals surface area contributed by atoms with Crippen LogP contribution in [-0.2, 0) is 0 Å². The lowest BCUT2D eigenvalue weighted by Crippen LogP contribution is -2.13. The number of carbonyl (C=O) groups is 1. The van der Waals surface area contributed by atoms with Gasteiger partial charge in [0.1, 0.15) is 17.3 Å². The highest BCUT2D eigenvalue weighted by Gasteiger charge is 2.14. The predicted molar refractivity (Wildman–Crippen MR) is 70.4 cm³/mol. The summed E-state index contributed by atoms with van der Waals surface area (Å²) < 4.78 is 10.3. The van der Waals surface area contributed by atoms with Crippen LogP contribution in [-0.4, -0.2) is 35.3 Å². The Hall–Kier alpha value is -2.83. The lowest BCUT2D eigenvalue weighted by atomic mass is 10.1. The monoisotopic (exact) mass is 276 g/mol. The first-order valence-electron chi connectivity index (χ1n) is 5.62. The molecule has 0 atom stereocenters. The lowest BCUT2D eigenvalue weighted by molar-refractivity contribution is 0.0690. The molecule has 0 amide bonds. The van der Waals surface area contributed by atoms with Crippen molar-refractivity contribution in [2.24, 2.45) is 0 Å². The fourth-order valence-corrected chi connectivity index (χ4v) is 1.69. The fraction of sp³-hybridized carbons (Fsp3) is 0.154. The SMILES string of the molecule is COc1ccc(OC)c(-c2nc(C(=O)O)cc(=O)[nH]2)c1. The largest absolute Gasteiger partial charge is 0.497 e. The fourth-order valence-electron chi connectivity index (χ4n) is 1.69. The molecular weight excluding hydrogens is 264 g/mol. The van der Waals surface area contributed by atoms with Crippen molar-refractivity contribution in [2.75, 3.05) is 14.2 Å². The number of nitrogens with zero attached hydrogens (tertiary/aromatic N) is 1. The van der Waals surface area contributed by atoms with Gasteiger partial charge in [-0.3, -0.25) is 4.79 Å². The molecule has 0 saturated carbocycles. The first-order valence-corrected chi connectivity index (χ1v) is 5.62. The lowest BCUT2D eigenvalue weighted by Gasteiger charge is -2.10. The Morgan fingerprint density at radius 2 is 2.00 bits per heavy atom. The molecule has 20 heavy (non-hydrogen) atoms. The molecule has 0 aliphatic rings. The second-order valence-corrected chi connectivity index (χ2v) is 3.85. The van der Waals surface area contributed by atoms with Gasteiger partial charge in [0, 0.05) is 6.07 Å². The van der Waals surface area contributed by atoms with E-state index in [0.29, 0.717) is 17.1 Å². The normalized spacial score (nSPS) is 10.1. The molecule has 0 spiro atoms. The van der Waals surface area contributed by atoms with E-state index in [4.69, 9.17) is 14.6 Å². The number of carboxylic acid groups (broad SMARTS) is 1. The number of benzene rings is 1. The van der Waals surface area contributed by atoms with Crippen LogP contribution in [0.1, 0.15) is 10.5 Å². The second kappa shape index (κ2) is 5.43. The van der Waals surface area contributed by atoms with Crippen LogP contribution < -0.4 is 15.0 Å². The zero-order valence-electron chi connectivity index (χ0n) is 10.8. The minimum absolute atomic E-state index is 0.102. The number of H-pyrrole nitrogens is 1. The van der Waals surface area contributed by atoms with Gasteiger partial charge in [0.2, 0.25) is 0 Å². The maximum Gasteiger partial charge on any atom is 0.354 e. The molecule has 0 aliphatic heterocycles. The van der Waals surface area contributed by atoms with E-state index in [9.17, 15) is 9.59 Å². The Morgan fingerprint density at radius 3 is 2.60 bits per heavy atom. The summed E-state index contributed by atoms with van der Waals surface area (Å²) in [6, 6.07) is 5.84. The molecule has 7 nitrogen and oxygen atoms in total. The van der Waals surface area contributed by atoms with Gasteiger partial charge in [0.05, 0.1) is 19.8 Å².